The Balaban J connectivity index is 1.76. The van der Waals surface area contributed by atoms with Crippen molar-refractivity contribution in [2.75, 3.05) is 25.4 Å². The van der Waals surface area contributed by atoms with Crippen LogP contribution in [-0.4, -0.2) is 61.4 Å². The number of ether oxygens (including phenoxy) is 1. The number of nitrogens with one attached hydrogen (secondary N) is 2. The predicted molar refractivity (Wildman–Crippen MR) is 113 cm³/mol. The highest BCUT2D eigenvalue weighted by Gasteiger charge is 2.25. The smallest absolute Gasteiger partial charge is 0.324 e. The number of sulfonamides is 1. The van der Waals surface area contributed by atoms with Crippen molar-refractivity contribution in [1.29, 1.82) is 0 Å². The van der Waals surface area contributed by atoms with Crippen LogP contribution in [0, 0.1) is 0 Å². The number of amides is 3. The third-order valence-corrected chi connectivity index (χ3v) is 6.05. The van der Waals surface area contributed by atoms with Gasteiger partial charge >= 0.3 is 6.03 Å². The zero-order valence-corrected chi connectivity index (χ0v) is 18.5. The van der Waals surface area contributed by atoms with Crippen LogP contribution in [0.4, 0.5) is 4.79 Å². The number of carbonyl (C=O) groups excluding carboxylic acids is 2. The van der Waals surface area contributed by atoms with Gasteiger partial charge in [0.25, 0.3) is 0 Å². The second-order valence-corrected chi connectivity index (χ2v) is 10.0. The van der Waals surface area contributed by atoms with E-state index in [0.29, 0.717) is 31.6 Å². The number of aliphatic hydroxyl groups is 1. The fourth-order valence-corrected chi connectivity index (χ4v) is 4.34. The summed E-state index contributed by atoms with van der Waals surface area (Å²) in [4.78, 5) is 24.0. The average Bonchev–Trinajstić information content (AvgIpc) is 2.96. The highest BCUT2D eigenvalue weighted by atomic mass is 32.2. The van der Waals surface area contributed by atoms with Crippen molar-refractivity contribution in [1.82, 2.24) is 14.9 Å². The van der Waals surface area contributed by atoms with E-state index in [-0.39, 0.29) is 24.8 Å². The third kappa shape index (κ3) is 8.29. The van der Waals surface area contributed by atoms with Crippen LogP contribution in [0.5, 0.6) is 5.75 Å². The van der Waals surface area contributed by atoms with Crippen LogP contribution in [0.25, 0.3) is 0 Å². The first-order chi connectivity index (χ1) is 14.0. The molecule has 9 nitrogen and oxygen atoms in total. The van der Waals surface area contributed by atoms with Crippen LogP contribution < -0.4 is 14.8 Å². The molecule has 3 N–H and O–H groups in total. The van der Waals surface area contributed by atoms with Crippen LogP contribution in [0.1, 0.15) is 51.6 Å². The molecule has 0 unspecified atom stereocenters. The van der Waals surface area contributed by atoms with Crippen molar-refractivity contribution in [3.05, 3.63) is 29.8 Å². The molecule has 1 aliphatic rings. The summed E-state index contributed by atoms with van der Waals surface area (Å²) in [6, 6.07) is 6.27. The number of nitrogens with zero attached hydrogens (tertiary/aromatic N) is 1. The minimum Gasteiger partial charge on any atom is -0.491 e. The van der Waals surface area contributed by atoms with Crippen molar-refractivity contribution in [3.63, 3.8) is 0 Å². The van der Waals surface area contributed by atoms with Gasteiger partial charge in [0.2, 0.25) is 15.9 Å². The summed E-state index contributed by atoms with van der Waals surface area (Å²) in [5, 5.41) is 12.0. The van der Waals surface area contributed by atoms with Crippen molar-refractivity contribution in [2.45, 2.75) is 51.7 Å². The molecule has 0 aliphatic carbocycles. The minimum atomic E-state index is -3.47. The fourth-order valence-electron chi connectivity index (χ4n) is 2.97. The Kier molecular flexibility index (Phi) is 8.22. The number of carbonyl (C=O) groups is 2. The second-order valence-electron chi connectivity index (χ2n) is 8.17. The van der Waals surface area contributed by atoms with E-state index in [0.717, 1.165) is 5.56 Å². The van der Waals surface area contributed by atoms with E-state index in [9.17, 15) is 23.1 Å². The zero-order valence-electron chi connectivity index (χ0n) is 17.7. The average molecular weight is 442 g/mol. The number of hydrogen-bond donors (Lipinski definition) is 3. The molecule has 1 fully saturated rings. The molecule has 0 saturated carbocycles. The molecule has 30 heavy (non-hydrogen) atoms. The molecule has 1 heterocycles. The summed E-state index contributed by atoms with van der Waals surface area (Å²) in [6.07, 6.45) is 1.72. The van der Waals surface area contributed by atoms with Crippen LogP contribution in [0.2, 0.25) is 0 Å². The lowest BCUT2D eigenvalue weighted by molar-refractivity contribution is -0.118. The molecule has 1 atom stereocenters. The molecule has 168 valence electrons. The summed E-state index contributed by atoms with van der Waals surface area (Å²) in [5.74, 6) is 0.234. The van der Waals surface area contributed by atoms with Gasteiger partial charge in [0.15, 0.2) is 0 Å². The normalized spacial score (nSPS) is 15.9. The predicted octanol–water partition coefficient (Wildman–Crippen LogP) is 1.54. The van der Waals surface area contributed by atoms with Crippen LogP contribution in [-0.2, 0) is 14.8 Å². The van der Waals surface area contributed by atoms with Gasteiger partial charge in [-0.25, -0.2) is 17.9 Å². The van der Waals surface area contributed by atoms with E-state index in [1.165, 1.54) is 4.90 Å². The molecular formula is C20H31N3O6S. The van der Waals surface area contributed by atoms with Crippen LogP contribution >= 0.6 is 0 Å². The Morgan fingerprint density at radius 3 is 2.63 bits per heavy atom. The number of urea groups is 1. The van der Waals surface area contributed by atoms with Gasteiger partial charge in [0.1, 0.15) is 18.9 Å². The van der Waals surface area contributed by atoms with Gasteiger partial charge in [0, 0.05) is 12.6 Å². The molecule has 0 aromatic heterocycles. The first kappa shape index (κ1) is 24.1. The summed E-state index contributed by atoms with van der Waals surface area (Å²) < 4.78 is 33.0. The molecule has 0 bridgehead atoms. The van der Waals surface area contributed by atoms with Gasteiger partial charge in [-0.1, -0.05) is 18.6 Å². The number of rotatable bonds is 12. The topological polar surface area (TPSA) is 125 Å². The van der Waals surface area contributed by atoms with Gasteiger partial charge in [-0.15, -0.1) is 0 Å². The Bertz CT molecular complexity index is 850. The maximum Gasteiger partial charge on any atom is 0.324 e. The number of imide groups is 1. The lowest BCUT2D eigenvalue weighted by atomic mass is 10.1. The van der Waals surface area contributed by atoms with Crippen molar-refractivity contribution in [3.8, 4) is 5.75 Å². The largest absolute Gasteiger partial charge is 0.491 e. The van der Waals surface area contributed by atoms with Gasteiger partial charge in [-0.2, -0.15) is 0 Å². The van der Waals surface area contributed by atoms with Gasteiger partial charge in [0.05, 0.1) is 11.4 Å². The monoisotopic (exact) mass is 441 g/mol. The molecule has 0 spiro atoms. The standard InChI is InChI=1S/C20H31N3O6S/c1-15(16-8-7-9-17(12-16)29-14-20(2,3)26)22-30(27,28)11-6-4-5-10-23-13-18(24)21-19(23)25/h7-9,12,15,22,26H,4-6,10-11,13-14H2,1-3H3,(H,21,24,25)/t15-/m1/s1. The highest BCUT2D eigenvalue weighted by Crippen LogP contribution is 2.21. The van der Waals surface area contributed by atoms with Gasteiger partial charge < -0.3 is 14.7 Å². The second kappa shape index (κ2) is 10.2. The maximum atomic E-state index is 12.4. The quantitative estimate of drug-likeness (QED) is 0.334. The summed E-state index contributed by atoms with van der Waals surface area (Å²) in [5.41, 5.74) is -0.200. The lowest BCUT2D eigenvalue weighted by Gasteiger charge is -2.19. The molecule has 0 radical (unpaired) electrons. The Labute approximate surface area is 177 Å². The highest BCUT2D eigenvalue weighted by molar-refractivity contribution is 7.89. The van der Waals surface area contributed by atoms with Crippen LogP contribution in [0.15, 0.2) is 24.3 Å². The first-order valence-electron chi connectivity index (χ1n) is 9.99. The number of unbranched alkanes of at least 4 members (excludes halogenated alkanes) is 2. The maximum absolute atomic E-state index is 12.4. The fraction of sp³-hybridized carbons (Fsp3) is 0.600. The molecule has 1 aromatic carbocycles. The van der Waals surface area contributed by atoms with E-state index < -0.39 is 27.7 Å². The van der Waals surface area contributed by atoms with E-state index in [2.05, 4.69) is 10.0 Å². The van der Waals surface area contributed by atoms with E-state index in [1.54, 1.807) is 39.0 Å². The SMILES string of the molecule is C[C@@H](NS(=O)(=O)CCCCCN1CC(=O)NC1=O)c1cccc(OCC(C)(C)O)c1. The number of benzene rings is 1. The van der Waals surface area contributed by atoms with Gasteiger partial charge in [-0.05, 0) is 51.3 Å². The lowest BCUT2D eigenvalue weighted by Crippen LogP contribution is -2.30. The zero-order chi connectivity index (χ0) is 22.4. The van der Waals surface area contributed by atoms with E-state index in [1.807, 2.05) is 6.07 Å². The van der Waals surface area contributed by atoms with Crippen LogP contribution in [0.3, 0.4) is 0 Å². The van der Waals surface area contributed by atoms with Crippen molar-refractivity contribution >= 4 is 22.0 Å². The molecule has 10 heteroatoms. The summed E-state index contributed by atoms with van der Waals surface area (Å²) >= 11 is 0. The summed E-state index contributed by atoms with van der Waals surface area (Å²) in [7, 11) is -3.47. The van der Waals surface area contributed by atoms with E-state index in [4.69, 9.17) is 4.74 Å². The third-order valence-electron chi connectivity index (χ3n) is 4.52. The van der Waals surface area contributed by atoms with Crippen molar-refractivity contribution < 1.29 is 27.9 Å². The summed E-state index contributed by atoms with van der Waals surface area (Å²) in [6.45, 7) is 5.67. The Morgan fingerprint density at radius 2 is 2.00 bits per heavy atom. The minimum absolute atomic E-state index is 0.0165. The molecule has 1 saturated heterocycles. The molecule has 3 amide bonds. The Hall–Kier alpha value is -2.17. The van der Waals surface area contributed by atoms with Gasteiger partial charge in [-0.3, -0.25) is 10.1 Å². The Morgan fingerprint density at radius 1 is 1.27 bits per heavy atom. The molecule has 1 aliphatic heterocycles. The first-order valence-corrected chi connectivity index (χ1v) is 11.6. The molecule has 1 aromatic rings. The molecular weight excluding hydrogens is 410 g/mol. The van der Waals surface area contributed by atoms with E-state index >= 15 is 0 Å². The molecule has 2 rings (SSSR count). The van der Waals surface area contributed by atoms with Crippen molar-refractivity contribution in [2.24, 2.45) is 0 Å². The number of hydrogen-bond acceptors (Lipinski definition) is 6.